The van der Waals surface area contributed by atoms with E-state index >= 15 is 0 Å². The molecule has 10 heteroatoms. The van der Waals surface area contributed by atoms with E-state index < -0.39 is 0 Å². The van der Waals surface area contributed by atoms with Crippen LogP contribution in [0.4, 0.5) is 10.5 Å². The number of piperidine rings is 1. The van der Waals surface area contributed by atoms with E-state index in [1.54, 1.807) is 7.11 Å². The van der Waals surface area contributed by atoms with Crippen molar-refractivity contribution in [2.24, 2.45) is 5.92 Å². The Bertz CT molecular complexity index is 1690. The van der Waals surface area contributed by atoms with Gasteiger partial charge in [0.2, 0.25) is 0 Å². The molecule has 2 fully saturated rings. The number of methoxy groups -OCH3 is 1. The molecule has 3 N–H and O–H groups in total. The van der Waals surface area contributed by atoms with Crippen LogP contribution in [0.25, 0.3) is 22.2 Å². The zero-order chi connectivity index (χ0) is 33.5. The molecule has 6 rings (SSSR count). The van der Waals surface area contributed by atoms with E-state index in [1.807, 2.05) is 23.0 Å². The summed E-state index contributed by atoms with van der Waals surface area (Å²) in [6, 6.07) is 15.0. The van der Waals surface area contributed by atoms with Crippen molar-refractivity contribution in [2.45, 2.75) is 78.0 Å². The minimum atomic E-state index is -0.226. The number of hydrogen-bond acceptors (Lipinski definition) is 7. The second-order valence-electron chi connectivity index (χ2n) is 13.2. The van der Waals surface area contributed by atoms with Gasteiger partial charge in [0.15, 0.2) is 5.65 Å². The number of nitrogens with one attached hydrogen (secondary N) is 3. The van der Waals surface area contributed by atoms with Gasteiger partial charge in [-0.3, -0.25) is 0 Å². The molecule has 2 aliphatic heterocycles. The van der Waals surface area contributed by atoms with Crippen LogP contribution in [-0.4, -0.2) is 72.2 Å². The van der Waals surface area contributed by atoms with Gasteiger partial charge in [-0.25, -0.2) is 14.5 Å². The number of hydrogen-bond donors (Lipinski definition) is 3. The number of likely N-dealkylation sites (tertiary alicyclic amines) is 1. The SMILES string of the molecule is CCc1nc2c(cnn2CC)c(NC2CCOCC2)c1CNC(=O)NCc1ccc(OC)c(-c2cccc(CC3CCN(C)CC3)c2)c1. The van der Waals surface area contributed by atoms with Crippen molar-refractivity contribution in [1.29, 1.82) is 0 Å². The molecular weight excluding hydrogens is 602 g/mol. The highest BCUT2D eigenvalue weighted by molar-refractivity contribution is 5.92. The van der Waals surface area contributed by atoms with Crippen LogP contribution < -0.4 is 20.7 Å². The van der Waals surface area contributed by atoms with E-state index in [0.717, 1.165) is 102 Å². The standard InChI is InChI=1S/C38H51N7O3/c1-5-34-32(36(42-30-14-18-48-19-15-30)33-25-41-45(6-2)37(33)43-34)24-40-38(46)39-23-28-10-11-35(47-4)31(22-28)29-9-7-8-27(21-29)20-26-12-16-44(3)17-13-26/h7-11,21-22,25-26,30H,5-6,12-20,23-24H2,1-4H3,(H,42,43)(H2,39,40,46). The van der Waals surface area contributed by atoms with Crippen LogP contribution in [-0.2, 0) is 37.2 Å². The Hall–Kier alpha value is -4.15. The van der Waals surface area contributed by atoms with E-state index in [1.165, 1.54) is 31.5 Å². The molecule has 0 bridgehead atoms. The first kappa shape index (κ1) is 33.7. The van der Waals surface area contributed by atoms with Gasteiger partial charge in [-0.15, -0.1) is 0 Å². The van der Waals surface area contributed by atoms with E-state index in [-0.39, 0.29) is 6.03 Å². The fourth-order valence-electron chi connectivity index (χ4n) is 7.07. The molecule has 0 saturated carbocycles. The van der Waals surface area contributed by atoms with Crippen molar-refractivity contribution >= 4 is 22.8 Å². The number of aromatic nitrogens is 3. The highest BCUT2D eigenvalue weighted by atomic mass is 16.5. The summed E-state index contributed by atoms with van der Waals surface area (Å²) in [4.78, 5) is 20.6. The number of ether oxygens (including phenoxy) is 2. The minimum absolute atomic E-state index is 0.226. The average Bonchev–Trinajstić information content (AvgIpc) is 3.54. The second kappa shape index (κ2) is 15.8. The zero-order valence-electron chi connectivity index (χ0n) is 29.0. The summed E-state index contributed by atoms with van der Waals surface area (Å²) in [5.74, 6) is 1.55. The maximum absolute atomic E-state index is 13.2. The van der Waals surface area contributed by atoms with Crippen molar-refractivity contribution in [3.05, 3.63) is 71.0 Å². The molecule has 0 spiro atoms. The van der Waals surface area contributed by atoms with Crippen LogP contribution in [0.2, 0.25) is 0 Å². The smallest absolute Gasteiger partial charge is 0.315 e. The lowest BCUT2D eigenvalue weighted by Gasteiger charge is -2.29. The van der Waals surface area contributed by atoms with Gasteiger partial charge in [0.05, 0.1) is 24.4 Å². The van der Waals surface area contributed by atoms with Gasteiger partial charge < -0.3 is 30.3 Å². The lowest BCUT2D eigenvalue weighted by Crippen LogP contribution is -2.35. The second-order valence-corrected chi connectivity index (χ2v) is 13.2. The summed E-state index contributed by atoms with van der Waals surface area (Å²) in [7, 11) is 3.92. The van der Waals surface area contributed by atoms with Gasteiger partial charge >= 0.3 is 6.03 Å². The van der Waals surface area contributed by atoms with Gasteiger partial charge in [0.25, 0.3) is 0 Å². The average molecular weight is 654 g/mol. The number of anilines is 1. The molecule has 0 unspecified atom stereocenters. The van der Waals surface area contributed by atoms with Gasteiger partial charge in [-0.1, -0.05) is 37.3 Å². The molecule has 10 nitrogen and oxygen atoms in total. The van der Waals surface area contributed by atoms with Gasteiger partial charge in [0, 0.05) is 55.7 Å². The van der Waals surface area contributed by atoms with E-state index in [9.17, 15) is 4.79 Å². The number of amides is 2. The van der Waals surface area contributed by atoms with Crippen molar-refractivity contribution in [1.82, 2.24) is 30.3 Å². The van der Waals surface area contributed by atoms with Crippen molar-refractivity contribution in [3.63, 3.8) is 0 Å². The van der Waals surface area contributed by atoms with Crippen LogP contribution in [0.1, 0.15) is 61.9 Å². The number of benzene rings is 2. The fourth-order valence-corrected chi connectivity index (χ4v) is 7.07. The highest BCUT2D eigenvalue weighted by Gasteiger charge is 2.22. The minimum Gasteiger partial charge on any atom is -0.496 e. The van der Waals surface area contributed by atoms with Crippen LogP contribution in [0, 0.1) is 5.92 Å². The molecule has 0 atom stereocenters. The Labute approximate surface area is 284 Å². The first-order valence-corrected chi connectivity index (χ1v) is 17.6. The molecule has 2 aromatic carbocycles. The lowest BCUT2D eigenvalue weighted by molar-refractivity contribution is 0.0904. The van der Waals surface area contributed by atoms with Gasteiger partial charge in [-0.05, 0) is 100 Å². The summed E-state index contributed by atoms with van der Waals surface area (Å²) in [5, 5.41) is 15.6. The maximum Gasteiger partial charge on any atom is 0.315 e. The van der Waals surface area contributed by atoms with Crippen LogP contribution in [0.5, 0.6) is 5.75 Å². The largest absolute Gasteiger partial charge is 0.496 e. The molecular formula is C38H51N7O3. The van der Waals surface area contributed by atoms with E-state index in [4.69, 9.17) is 14.5 Å². The molecule has 0 radical (unpaired) electrons. The topological polar surface area (TPSA) is 106 Å². The molecule has 2 amide bonds. The van der Waals surface area contributed by atoms with Gasteiger partial charge in [-0.2, -0.15) is 5.10 Å². The van der Waals surface area contributed by atoms with Crippen LogP contribution >= 0.6 is 0 Å². The zero-order valence-corrected chi connectivity index (χ0v) is 29.0. The molecule has 2 saturated heterocycles. The third-order valence-electron chi connectivity index (χ3n) is 9.92. The predicted molar refractivity (Wildman–Crippen MR) is 191 cm³/mol. The number of carbonyl (C=O) groups excluding carboxylic acids is 1. The molecule has 48 heavy (non-hydrogen) atoms. The molecule has 2 aliphatic rings. The Balaban J connectivity index is 1.14. The fraction of sp³-hybridized carbons (Fsp3) is 0.500. The summed E-state index contributed by atoms with van der Waals surface area (Å²) in [6.07, 6.45) is 8.11. The molecule has 4 aromatic rings. The predicted octanol–water partition coefficient (Wildman–Crippen LogP) is 6.16. The third-order valence-corrected chi connectivity index (χ3v) is 9.92. The van der Waals surface area contributed by atoms with Crippen molar-refractivity contribution in [2.75, 3.05) is 45.8 Å². The van der Waals surface area contributed by atoms with Crippen LogP contribution in [0.3, 0.4) is 0 Å². The Morgan fingerprint density at radius 2 is 1.79 bits per heavy atom. The molecule has 0 aliphatic carbocycles. The Kier molecular flexibility index (Phi) is 11.1. The number of carbonyl (C=O) groups is 1. The number of fused-ring (bicyclic) bond motifs is 1. The summed E-state index contributed by atoms with van der Waals surface area (Å²) in [5.41, 5.74) is 8.40. The number of pyridine rings is 1. The number of urea groups is 1. The third kappa shape index (κ3) is 7.93. The Morgan fingerprint density at radius 1 is 1.00 bits per heavy atom. The molecule has 4 heterocycles. The highest BCUT2D eigenvalue weighted by Crippen LogP contribution is 2.33. The number of rotatable bonds is 12. The van der Waals surface area contributed by atoms with E-state index in [0.29, 0.717) is 19.1 Å². The quantitative estimate of drug-likeness (QED) is 0.168. The van der Waals surface area contributed by atoms with Crippen LogP contribution in [0.15, 0.2) is 48.7 Å². The van der Waals surface area contributed by atoms with Crippen molar-refractivity contribution in [3.8, 4) is 16.9 Å². The first-order valence-electron chi connectivity index (χ1n) is 17.6. The number of nitrogens with zero attached hydrogens (tertiary/aromatic N) is 4. The van der Waals surface area contributed by atoms with Gasteiger partial charge in [0.1, 0.15) is 5.75 Å². The number of aryl methyl sites for hydroxylation is 2. The normalized spacial score (nSPS) is 16.2. The summed E-state index contributed by atoms with van der Waals surface area (Å²) in [6.45, 7) is 9.51. The molecule has 2 aromatic heterocycles. The van der Waals surface area contributed by atoms with E-state index in [2.05, 4.69) is 77.2 Å². The Morgan fingerprint density at radius 3 is 2.54 bits per heavy atom. The first-order chi connectivity index (χ1) is 23.4. The monoisotopic (exact) mass is 653 g/mol. The summed E-state index contributed by atoms with van der Waals surface area (Å²) >= 11 is 0. The maximum atomic E-state index is 13.2. The summed E-state index contributed by atoms with van der Waals surface area (Å²) < 4.78 is 13.3. The van der Waals surface area contributed by atoms with Crippen molar-refractivity contribution < 1.29 is 14.3 Å². The lowest BCUT2D eigenvalue weighted by atomic mass is 9.89. The molecule has 256 valence electrons.